The zero-order chi connectivity index (χ0) is 14.6. The summed E-state index contributed by atoms with van der Waals surface area (Å²) in [5, 5.41) is 12.4. The Balaban J connectivity index is 2.88. The van der Waals surface area contributed by atoms with Gasteiger partial charge in [-0.05, 0) is 24.8 Å². The van der Waals surface area contributed by atoms with Crippen molar-refractivity contribution in [3.63, 3.8) is 0 Å². The van der Waals surface area contributed by atoms with Gasteiger partial charge >= 0.3 is 0 Å². The van der Waals surface area contributed by atoms with Gasteiger partial charge in [-0.3, -0.25) is 0 Å². The van der Waals surface area contributed by atoms with Gasteiger partial charge in [0.15, 0.2) is 11.6 Å². The predicted octanol–water partition coefficient (Wildman–Crippen LogP) is 3.41. The molecule has 0 fully saturated rings. The van der Waals surface area contributed by atoms with Crippen molar-refractivity contribution < 1.29 is 13.9 Å². The number of rotatable bonds is 5. The molecule has 1 aromatic carbocycles. The lowest BCUT2D eigenvalue weighted by Gasteiger charge is -2.34. The molecule has 2 N–H and O–H groups in total. The van der Waals surface area contributed by atoms with Crippen molar-refractivity contribution in [2.45, 2.75) is 46.2 Å². The van der Waals surface area contributed by atoms with Crippen LogP contribution in [-0.4, -0.2) is 17.8 Å². The molecule has 2 atom stereocenters. The first-order chi connectivity index (χ1) is 8.77. The standard InChI is InChI=1S/C15H23F2NO/c1-10(11-6-5-7-12(16)14(11)17)18-13(8-9-19)15(2,3)4/h5-7,10,13,18-19H,8-9H2,1-4H3. The minimum atomic E-state index is -0.833. The zero-order valence-corrected chi connectivity index (χ0v) is 12.0. The number of aliphatic hydroxyl groups is 1. The molecule has 19 heavy (non-hydrogen) atoms. The molecule has 1 rings (SSSR count). The molecule has 0 saturated carbocycles. The van der Waals surface area contributed by atoms with Crippen LogP contribution in [0.15, 0.2) is 18.2 Å². The van der Waals surface area contributed by atoms with E-state index < -0.39 is 11.6 Å². The van der Waals surface area contributed by atoms with E-state index in [0.29, 0.717) is 12.0 Å². The first kappa shape index (κ1) is 16.1. The lowest BCUT2D eigenvalue weighted by Crippen LogP contribution is -2.42. The van der Waals surface area contributed by atoms with Crippen LogP contribution in [0, 0.1) is 17.0 Å². The summed E-state index contributed by atoms with van der Waals surface area (Å²) in [6, 6.07) is 3.90. The Morgan fingerprint density at radius 1 is 1.26 bits per heavy atom. The van der Waals surface area contributed by atoms with E-state index in [1.54, 1.807) is 13.0 Å². The third-order valence-corrected chi connectivity index (χ3v) is 3.36. The van der Waals surface area contributed by atoms with Crippen molar-refractivity contribution in [1.82, 2.24) is 5.32 Å². The van der Waals surface area contributed by atoms with Gasteiger partial charge in [0, 0.05) is 24.3 Å². The molecule has 0 heterocycles. The SMILES string of the molecule is CC(NC(CCO)C(C)(C)C)c1cccc(F)c1F. The van der Waals surface area contributed by atoms with E-state index >= 15 is 0 Å². The van der Waals surface area contributed by atoms with Crippen molar-refractivity contribution in [2.24, 2.45) is 5.41 Å². The summed E-state index contributed by atoms with van der Waals surface area (Å²) in [6.07, 6.45) is 0.574. The fourth-order valence-corrected chi connectivity index (χ4v) is 2.14. The topological polar surface area (TPSA) is 32.3 Å². The van der Waals surface area contributed by atoms with Crippen LogP contribution < -0.4 is 5.32 Å². The van der Waals surface area contributed by atoms with Gasteiger partial charge in [0.25, 0.3) is 0 Å². The van der Waals surface area contributed by atoms with E-state index in [1.165, 1.54) is 6.07 Å². The van der Waals surface area contributed by atoms with E-state index in [4.69, 9.17) is 5.11 Å². The highest BCUT2D eigenvalue weighted by molar-refractivity contribution is 5.22. The van der Waals surface area contributed by atoms with Crippen LogP contribution in [0.25, 0.3) is 0 Å². The summed E-state index contributed by atoms with van der Waals surface area (Å²) in [7, 11) is 0. The Bertz CT molecular complexity index is 415. The molecular weight excluding hydrogens is 248 g/mol. The third kappa shape index (κ3) is 4.25. The number of hydrogen-bond acceptors (Lipinski definition) is 2. The first-order valence-electron chi connectivity index (χ1n) is 6.58. The number of nitrogens with one attached hydrogen (secondary N) is 1. The number of hydrogen-bond donors (Lipinski definition) is 2. The Hall–Kier alpha value is -1.00. The van der Waals surface area contributed by atoms with Crippen LogP contribution in [0.3, 0.4) is 0 Å². The van der Waals surface area contributed by atoms with Crippen LogP contribution in [-0.2, 0) is 0 Å². The summed E-state index contributed by atoms with van der Waals surface area (Å²) < 4.78 is 26.9. The first-order valence-corrected chi connectivity index (χ1v) is 6.58. The van der Waals surface area contributed by atoms with Gasteiger partial charge in [-0.1, -0.05) is 32.9 Å². The average Bonchev–Trinajstić information content (AvgIpc) is 2.30. The van der Waals surface area contributed by atoms with Crippen molar-refractivity contribution in [1.29, 1.82) is 0 Å². The average molecular weight is 271 g/mol. The van der Waals surface area contributed by atoms with Crippen LogP contribution >= 0.6 is 0 Å². The van der Waals surface area contributed by atoms with Gasteiger partial charge in [0.05, 0.1) is 0 Å². The van der Waals surface area contributed by atoms with Crippen LogP contribution in [0.2, 0.25) is 0 Å². The molecule has 0 aliphatic heterocycles. The molecule has 0 aliphatic carbocycles. The molecule has 2 nitrogen and oxygen atoms in total. The molecule has 2 unspecified atom stereocenters. The largest absolute Gasteiger partial charge is 0.396 e. The molecule has 0 saturated heterocycles. The molecule has 0 bridgehead atoms. The summed E-state index contributed by atoms with van der Waals surface area (Å²) in [5.41, 5.74) is 0.244. The number of halogens is 2. The van der Waals surface area contributed by atoms with Crippen LogP contribution in [0.4, 0.5) is 8.78 Å². The van der Waals surface area contributed by atoms with Crippen molar-refractivity contribution in [3.05, 3.63) is 35.4 Å². The maximum Gasteiger partial charge on any atom is 0.163 e. The number of aliphatic hydroxyl groups excluding tert-OH is 1. The Morgan fingerprint density at radius 3 is 2.42 bits per heavy atom. The van der Waals surface area contributed by atoms with Crippen LogP contribution in [0.1, 0.15) is 45.7 Å². The molecular formula is C15H23F2NO. The van der Waals surface area contributed by atoms with Gasteiger partial charge in [-0.15, -0.1) is 0 Å². The summed E-state index contributed by atoms with van der Waals surface area (Å²) in [5.74, 6) is -1.64. The monoisotopic (exact) mass is 271 g/mol. The minimum Gasteiger partial charge on any atom is -0.396 e. The van der Waals surface area contributed by atoms with E-state index in [0.717, 1.165) is 6.07 Å². The van der Waals surface area contributed by atoms with Gasteiger partial charge in [0.2, 0.25) is 0 Å². The minimum absolute atomic E-state index is 0.0233. The maximum atomic E-state index is 13.7. The second-order valence-corrected chi connectivity index (χ2v) is 5.96. The Labute approximate surface area is 113 Å². The normalized spacial score (nSPS) is 15.3. The van der Waals surface area contributed by atoms with Gasteiger partial charge in [-0.2, -0.15) is 0 Å². The fourth-order valence-electron chi connectivity index (χ4n) is 2.14. The van der Waals surface area contributed by atoms with E-state index in [1.807, 2.05) is 0 Å². The summed E-state index contributed by atoms with van der Waals surface area (Å²) >= 11 is 0. The highest BCUT2D eigenvalue weighted by atomic mass is 19.2. The molecule has 4 heteroatoms. The van der Waals surface area contributed by atoms with Gasteiger partial charge in [0.1, 0.15) is 0 Å². The fraction of sp³-hybridized carbons (Fsp3) is 0.600. The highest BCUT2D eigenvalue weighted by Crippen LogP contribution is 2.26. The highest BCUT2D eigenvalue weighted by Gasteiger charge is 2.26. The van der Waals surface area contributed by atoms with Crippen LogP contribution in [0.5, 0.6) is 0 Å². The molecule has 108 valence electrons. The summed E-state index contributed by atoms with van der Waals surface area (Å²) in [4.78, 5) is 0. The molecule has 0 aromatic heterocycles. The Kier molecular flexibility index (Phi) is 5.44. The lowest BCUT2D eigenvalue weighted by atomic mass is 9.84. The van der Waals surface area contributed by atoms with E-state index in [2.05, 4.69) is 26.1 Å². The quantitative estimate of drug-likeness (QED) is 0.860. The lowest BCUT2D eigenvalue weighted by molar-refractivity contribution is 0.187. The number of benzene rings is 1. The maximum absolute atomic E-state index is 13.7. The second kappa shape index (κ2) is 6.44. The predicted molar refractivity (Wildman–Crippen MR) is 72.9 cm³/mol. The van der Waals surface area contributed by atoms with E-state index in [9.17, 15) is 8.78 Å². The zero-order valence-electron chi connectivity index (χ0n) is 12.0. The molecule has 0 aliphatic rings. The second-order valence-electron chi connectivity index (χ2n) is 5.96. The molecule has 0 spiro atoms. The molecule has 0 radical (unpaired) electrons. The van der Waals surface area contributed by atoms with Crippen molar-refractivity contribution in [2.75, 3.05) is 6.61 Å². The summed E-state index contributed by atoms with van der Waals surface area (Å²) in [6.45, 7) is 8.01. The smallest absolute Gasteiger partial charge is 0.163 e. The molecule has 0 amide bonds. The van der Waals surface area contributed by atoms with Gasteiger partial charge in [-0.25, -0.2) is 8.78 Å². The third-order valence-electron chi connectivity index (χ3n) is 3.36. The van der Waals surface area contributed by atoms with Gasteiger partial charge < -0.3 is 10.4 Å². The molecule has 1 aromatic rings. The van der Waals surface area contributed by atoms with E-state index in [-0.39, 0.29) is 24.1 Å². The Morgan fingerprint density at radius 2 is 1.89 bits per heavy atom. The van der Waals surface area contributed by atoms with Crippen molar-refractivity contribution >= 4 is 0 Å². The van der Waals surface area contributed by atoms with Crippen molar-refractivity contribution in [3.8, 4) is 0 Å².